The number of hydrogen-bond donors (Lipinski definition) is 0. The molecule has 212 valence electrons. The number of nitrogens with zero attached hydrogens (tertiary/aromatic N) is 3. The summed E-state index contributed by atoms with van der Waals surface area (Å²) in [6, 6.07) is 36.3. The van der Waals surface area contributed by atoms with E-state index >= 15 is 0 Å². The highest BCUT2D eigenvalue weighted by Crippen LogP contribution is 2.50. The second-order valence-electron chi connectivity index (χ2n) is 11.7. The number of carbonyl (C=O) groups excluding carboxylic acids is 1. The normalized spacial score (nSPS) is 14.2. The fourth-order valence-electron chi connectivity index (χ4n) is 7.34. The molecule has 3 heterocycles. The van der Waals surface area contributed by atoms with Crippen molar-refractivity contribution in [1.82, 2.24) is 9.13 Å². The molecule has 43 heavy (non-hydrogen) atoms. The van der Waals surface area contributed by atoms with Crippen LogP contribution in [0.1, 0.15) is 40.9 Å². The number of cyclic esters (lactones) is 1. The number of aromatic nitrogens is 2. The zero-order valence-electron chi connectivity index (χ0n) is 24.9. The molecule has 1 aliphatic rings. The van der Waals surface area contributed by atoms with Crippen LogP contribution in [0.25, 0.3) is 43.6 Å². The van der Waals surface area contributed by atoms with Gasteiger partial charge in [0.05, 0.1) is 5.56 Å². The molecule has 0 saturated heterocycles. The number of carbonyl (C=O) groups is 1. The lowest BCUT2D eigenvalue weighted by atomic mass is 9.79. The van der Waals surface area contributed by atoms with E-state index in [9.17, 15) is 4.79 Å². The lowest BCUT2D eigenvalue weighted by Gasteiger charge is -2.31. The van der Waals surface area contributed by atoms with Crippen molar-refractivity contribution >= 4 is 55.3 Å². The summed E-state index contributed by atoms with van der Waals surface area (Å²) < 4.78 is 11.4. The SMILES string of the molecule is CCn1c2ccccc2c2ccc(C3(c4ccc5c6ccccc6n(CC)c5c4)OC(=O)c4ccc(N(C)C)cc43)cc21. The fourth-order valence-corrected chi connectivity index (χ4v) is 7.34. The van der Waals surface area contributed by atoms with Gasteiger partial charge in [-0.3, -0.25) is 0 Å². The van der Waals surface area contributed by atoms with Gasteiger partial charge in [-0.2, -0.15) is 0 Å². The summed E-state index contributed by atoms with van der Waals surface area (Å²) in [7, 11) is 4.05. The lowest BCUT2D eigenvalue weighted by Crippen LogP contribution is -2.30. The standard InChI is InChI=1S/C38H33N3O2/c1-5-40-33-13-9-7-11-27(33)29-18-15-24(21-35(29)40)38(32-23-26(39(3)4)17-20-31(32)37(42)43-38)25-16-19-30-28-12-8-10-14-34(28)41(6-2)36(30)22-25/h7-23H,5-6H2,1-4H3. The van der Waals surface area contributed by atoms with Crippen LogP contribution in [0.4, 0.5) is 5.69 Å². The van der Waals surface area contributed by atoms with E-state index in [0.29, 0.717) is 5.56 Å². The summed E-state index contributed by atoms with van der Waals surface area (Å²) in [6.45, 7) is 6.04. The van der Waals surface area contributed by atoms with Crippen LogP contribution in [0.2, 0.25) is 0 Å². The van der Waals surface area contributed by atoms with E-state index in [2.05, 4.69) is 119 Å². The highest BCUT2D eigenvalue weighted by Gasteiger charge is 2.49. The second-order valence-corrected chi connectivity index (χ2v) is 11.7. The van der Waals surface area contributed by atoms with Crippen molar-refractivity contribution < 1.29 is 9.53 Å². The first-order valence-electron chi connectivity index (χ1n) is 15.0. The first-order valence-corrected chi connectivity index (χ1v) is 15.0. The van der Waals surface area contributed by atoms with E-state index in [4.69, 9.17) is 4.74 Å². The van der Waals surface area contributed by atoms with E-state index in [1.807, 2.05) is 26.2 Å². The molecule has 0 fully saturated rings. The van der Waals surface area contributed by atoms with Crippen LogP contribution in [0, 0.1) is 0 Å². The van der Waals surface area contributed by atoms with Gasteiger partial charge in [-0.1, -0.05) is 60.7 Å². The summed E-state index contributed by atoms with van der Waals surface area (Å²) in [5.74, 6) is -0.299. The van der Waals surface area contributed by atoms with Crippen LogP contribution in [-0.4, -0.2) is 29.2 Å². The minimum atomic E-state index is -1.11. The molecule has 0 radical (unpaired) electrons. The Hall–Kier alpha value is -5.03. The average Bonchev–Trinajstić information content (AvgIpc) is 3.65. The number of fused-ring (bicyclic) bond motifs is 7. The average molecular weight is 564 g/mol. The molecule has 2 aromatic heterocycles. The molecule has 1 aliphatic heterocycles. The minimum Gasteiger partial charge on any atom is -0.441 e. The molecule has 5 nitrogen and oxygen atoms in total. The third-order valence-electron chi connectivity index (χ3n) is 9.36. The van der Waals surface area contributed by atoms with Crippen molar-refractivity contribution in [3.05, 3.63) is 125 Å². The van der Waals surface area contributed by atoms with Gasteiger partial charge < -0.3 is 18.8 Å². The first-order chi connectivity index (χ1) is 21.0. The number of aryl methyl sites for hydroxylation is 2. The molecule has 7 aromatic rings. The second kappa shape index (κ2) is 9.23. The zero-order valence-corrected chi connectivity index (χ0v) is 24.9. The Morgan fingerprint density at radius 3 is 1.65 bits per heavy atom. The number of hydrogen-bond acceptors (Lipinski definition) is 3. The Morgan fingerprint density at radius 2 is 1.14 bits per heavy atom. The molecule has 0 bridgehead atoms. The minimum absolute atomic E-state index is 0.299. The molecule has 0 spiro atoms. The van der Waals surface area contributed by atoms with E-state index in [1.54, 1.807) is 0 Å². The van der Waals surface area contributed by atoms with Gasteiger partial charge in [0, 0.05) is 93.2 Å². The van der Waals surface area contributed by atoms with Gasteiger partial charge in [-0.25, -0.2) is 4.79 Å². The number of esters is 1. The van der Waals surface area contributed by atoms with Gasteiger partial charge in [0.25, 0.3) is 0 Å². The number of benzene rings is 5. The van der Waals surface area contributed by atoms with Crippen LogP contribution < -0.4 is 4.90 Å². The van der Waals surface area contributed by atoms with Gasteiger partial charge in [0.2, 0.25) is 0 Å². The topological polar surface area (TPSA) is 39.4 Å². The van der Waals surface area contributed by atoms with Gasteiger partial charge in [0.1, 0.15) is 0 Å². The molecule has 0 N–H and O–H groups in total. The van der Waals surface area contributed by atoms with Crippen molar-refractivity contribution in [2.24, 2.45) is 0 Å². The summed E-state index contributed by atoms with van der Waals surface area (Å²) in [5.41, 5.74) is 7.98. The van der Waals surface area contributed by atoms with Crippen LogP contribution in [0.5, 0.6) is 0 Å². The summed E-state index contributed by atoms with van der Waals surface area (Å²) in [5, 5.41) is 4.86. The smallest absolute Gasteiger partial charge is 0.340 e. The van der Waals surface area contributed by atoms with Gasteiger partial charge >= 0.3 is 5.97 Å². The maximum Gasteiger partial charge on any atom is 0.340 e. The van der Waals surface area contributed by atoms with Crippen LogP contribution >= 0.6 is 0 Å². The monoisotopic (exact) mass is 563 g/mol. The maximum atomic E-state index is 13.7. The first kappa shape index (κ1) is 25.7. The van der Waals surface area contributed by atoms with E-state index in [1.165, 1.54) is 32.6 Å². The largest absolute Gasteiger partial charge is 0.441 e. The Kier molecular flexibility index (Phi) is 5.51. The van der Waals surface area contributed by atoms with Crippen molar-refractivity contribution in [3.63, 3.8) is 0 Å². The van der Waals surface area contributed by atoms with Crippen molar-refractivity contribution in [2.75, 3.05) is 19.0 Å². The van der Waals surface area contributed by atoms with Crippen LogP contribution in [-0.2, 0) is 23.4 Å². The Bertz CT molecular complexity index is 2130. The zero-order chi connectivity index (χ0) is 29.5. The number of para-hydroxylation sites is 2. The Balaban J connectivity index is 1.48. The number of rotatable bonds is 5. The Morgan fingerprint density at radius 1 is 0.628 bits per heavy atom. The molecule has 8 rings (SSSR count). The van der Waals surface area contributed by atoms with Crippen molar-refractivity contribution in [3.8, 4) is 0 Å². The highest BCUT2D eigenvalue weighted by atomic mass is 16.6. The maximum absolute atomic E-state index is 13.7. The summed E-state index contributed by atoms with van der Waals surface area (Å²) in [4.78, 5) is 15.8. The summed E-state index contributed by atoms with van der Waals surface area (Å²) in [6.07, 6.45) is 0. The third kappa shape index (κ3) is 3.42. The quantitative estimate of drug-likeness (QED) is 0.197. The predicted octanol–water partition coefficient (Wildman–Crippen LogP) is 8.47. The van der Waals surface area contributed by atoms with Crippen molar-refractivity contribution in [1.29, 1.82) is 0 Å². The molecule has 0 aliphatic carbocycles. The molecule has 0 unspecified atom stereocenters. The number of anilines is 1. The molecular weight excluding hydrogens is 530 g/mol. The molecular formula is C38H33N3O2. The van der Waals surface area contributed by atoms with E-state index in [0.717, 1.165) is 46.5 Å². The van der Waals surface area contributed by atoms with Gasteiger partial charge in [-0.15, -0.1) is 0 Å². The van der Waals surface area contributed by atoms with E-state index in [-0.39, 0.29) is 5.97 Å². The molecule has 5 heteroatoms. The lowest BCUT2D eigenvalue weighted by molar-refractivity contribution is 0.0252. The predicted molar refractivity (Wildman–Crippen MR) is 176 cm³/mol. The molecule has 0 amide bonds. The molecule has 0 saturated carbocycles. The number of ether oxygens (including phenoxy) is 1. The molecule has 0 atom stereocenters. The fraction of sp³-hybridized carbons (Fsp3) is 0.184. The van der Waals surface area contributed by atoms with Crippen molar-refractivity contribution in [2.45, 2.75) is 32.5 Å². The van der Waals surface area contributed by atoms with Gasteiger partial charge in [0.15, 0.2) is 5.60 Å². The van der Waals surface area contributed by atoms with E-state index < -0.39 is 5.60 Å². The third-order valence-corrected chi connectivity index (χ3v) is 9.36. The van der Waals surface area contributed by atoms with Crippen LogP contribution in [0.15, 0.2) is 103 Å². The summed E-state index contributed by atoms with van der Waals surface area (Å²) >= 11 is 0. The van der Waals surface area contributed by atoms with Gasteiger partial charge in [-0.05, 0) is 56.3 Å². The van der Waals surface area contributed by atoms with Crippen LogP contribution in [0.3, 0.4) is 0 Å². The molecule has 5 aromatic carbocycles. The highest BCUT2D eigenvalue weighted by molar-refractivity contribution is 6.10. The Labute approximate surface area is 250 Å².